The molecule has 3 aliphatic rings. The average molecular weight is 430 g/mol. The molecule has 2 amide bonds. The molecule has 1 aromatic carbocycles. The first-order valence-corrected chi connectivity index (χ1v) is 10.8. The number of urea groups is 1. The number of ether oxygens (including phenoxy) is 1. The van der Waals surface area contributed by atoms with Crippen LogP contribution in [0.2, 0.25) is 0 Å². The molecule has 3 N–H and O–H groups in total. The Hall–Kier alpha value is -3.56. The lowest BCUT2D eigenvalue weighted by Gasteiger charge is -2.14. The predicted octanol–water partition coefficient (Wildman–Crippen LogP) is 2.48. The van der Waals surface area contributed by atoms with Crippen LogP contribution < -0.4 is 20.3 Å². The van der Waals surface area contributed by atoms with E-state index < -0.39 is 0 Å². The van der Waals surface area contributed by atoms with Crippen LogP contribution in [0.5, 0.6) is 11.6 Å². The van der Waals surface area contributed by atoms with Crippen molar-refractivity contribution in [1.29, 1.82) is 0 Å². The van der Waals surface area contributed by atoms with Crippen molar-refractivity contribution >= 4 is 23.6 Å². The van der Waals surface area contributed by atoms with Crippen LogP contribution in [-0.4, -0.2) is 25.8 Å². The van der Waals surface area contributed by atoms with Crippen molar-refractivity contribution in [2.45, 2.75) is 45.3 Å². The predicted molar refractivity (Wildman–Crippen MR) is 118 cm³/mol. The Morgan fingerprint density at radius 2 is 2.16 bits per heavy atom. The van der Waals surface area contributed by atoms with E-state index in [1.165, 1.54) is 6.33 Å². The largest absolute Gasteiger partial charge is 0.439 e. The molecule has 1 unspecified atom stereocenters. The summed E-state index contributed by atoms with van der Waals surface area (Å²) in [6.45, 7) is 6.71. The number of aromatic nitrogens is 4. The number of hydrogen-bond acceptors (Lipinski definition) is 6. The number of benzene rings is 1. The summed E-state index contributed by atoms with van der Waals surface area (Å²) in [4.78, 5) is 22.2. The standard InChI is InChI=1S/C23H23N7O2/c1-23(2)6-8-30-19(23)10-20(28-30)27-22(31)29-7-5-14-9-15(3-4-18(14)29)32-21-16-11-24-12-17(16)25-13-26-21/h3-5,7,9-10,13,24H,6,8,11-12H2,1-2H3,(H,27,28,31)/p+1. The number of rotatable bonds is 3. The van der Waals surface area contributed by atoms with Crippen molar-refractivity contribution in [3.63, 3.8) is 0 Å². The van der Waals surface area contributed by atoms with Gasteiger partial charge in [0.05, 0.1) is 11.3 Å². The van der Waals surface area contributed by atoms with Gasteiger partial charge in [-0.2, -0.15) is 10.00 Å². The molecule has 0 saturated heterocycles. The van der Waals surface area contributed by atoms with Gasteiger partial charge in [-0.05, 0) is 18.6 Å². The molecule has 0 radical (unpaired) electrons. The molecule has 3 aromatic rings. The maximum absolute atomic E-state index is 13.0. The molecule has 5 heterocycles. The van der Waals surface area contributed by atoms with Gasteiger partial charge in [-0.25, -0.2) is 14.8 Å². The van der Waals surface area contributed by atoms with Crippen LogP contribution in [-0.2, 0) is 25.0 Å². The zero-order valence-corrected chi connectivity index (χ0v) is 18.0. The van der Waals surface area contributed by atoms with E-state index >= 15 is 0 Å². The zero-order valence-electron chi connectivity index (χ0n) is 18.0. The molecule has 0 fully saturated rings. The molecular weight excluding hydrogens is 406 g/mol. The van der Waals surface area contributed by atoms with Crippen LogP contribution in [0.1, 0.15) is 42.8 Å². The van der Waals surface area contributed by atoms with Crippen molar-refractivity contribution in [3.8, 4) is 11.6 Å². The lowest BCUT2D eigenvalue weighted by molar-refractivity contribution is -0.672. The second-order valence-corrected chi connectivity index (χ2v) is 9.03. The van der Waals surface area contributed by atoms with E-state index in [1.54, 1.807) is 0 Å². The summed E-state index contributed by atoms with van der Waals surface area (Å²) >= 11 is 0. The van der Waals surface area contributed by atoms with Gasteiger partial charge in [0.25, 0.3) is 0 Å². The number of fused-ring (bicyclic) bond motifs is 3. The van der Waals surface area contributed by atoms with Crippen LogP contribution in [0.4, 0.5) is 16.3 Å². The Bertz CT molecular complexity index is 1280. The minimum atomic E-state index is -0.164. The third kappa shape index (κ3) is 3.09. The number of nitrogens with one attached hydrogen (secondary N) is 3. The van der Waals surface area contributed by atoms with Gasteiger partial charge in [-0.15, -0.1) is 0 Å². The normalized spacial score (nSPS) is 19.5. The molecule has 9 nitrogen and oxygen atoms in total. The summed E-state index contributed by atoms with van der Waals surface area (Å²) in [6, 6.07) is 7.52. The van der Waals surface area contributed by atoms with E-state index in [0.717, 1.165) is 47.7 Å². The number of quaternary nitrogens is 1. The van der Waals surface area contributed by atoms with Crippen molar-refractivity contribution < 1.29 is 14.4 Å². The fraction of sp³-hybridized carbons (Fsp3) is 0.304. The highest BCUT2D eigenvalue weighted by Gasteiger charge is 2.33. The van der Waals surface area contributed by atoms with Gasteiger partial charge in [-0.1, -0.05) is 13.8 Å². The third-order valence-electron chi connectivity index (χ3n) is 6.45. The molecule has 32 heavy (non-hydrogen) atoms. The Morgan fingerprint density at radius 1 is 1.25 bits per heavy atom. The van der Waals surface area contributed by atoms with Gasteiger partial charge in [0.15, 0.2) is 11.5 Å². The van der Waals surface area contributed by atoms with Gasteiger partial charge in [0.1, 0.15) is 18.3 Å². The van der Waals surface area contributed by atoms with E-state index in [-0.39, 0.29) is 11.4 Å². The molecule has 162 valence electrons. The minimum absolute atomic E-state index is 0.0826. The number of carbonyl (C=O) groups excluding carboxylic acids is 1. The van der Waals surface area contributed by atoms with Crippen molar-refractivity contribution in [2.75, 3.05) is 5.32 Å². The van der Waals surface area contributed by atoms with Gasteiger partial charge in [0, 0.05) is 54.5 Å². The van der Waals surface area contributed by atoms with Crippen LogP contribution in [0.25, 0.3) is 6.08 Å². The van der Waals surface area contributed by atoms with Gasteiger partial charge in [0.2, 0.25) is 5.88 Å². The molecule has 0 bridgehead atoms. The van der Waals surface area contributed by atoms with Crippen LogP contribution in [0.3, 0.4) is 0 Å². The minimum Gasteiger partial charge on any atom is -0.439 e. The number of carbonyl (C=O) groups is 1. The number of amides is 2. The molecule has 9 heteroatoms. The summed E-state index contributed by atoms with van der Waals surface area (Å²) in [5.74, 6) is 1.84. The number of anilines is 1. The van der Waals surface area contributed by atoms with Crippen molar-refractivity contribution in [3.05, 3.63) is 59.3 Å². The quantitative estimate of drug-likeness (QED) is 0.591. The number of nitrogens with zero attached hydrogens (tertiary/aromatic N) is 4. The molecule has 0 spiro atoms. The molecule has 3 aliphatic heterocycles. The van der Waals surface area contributed by atoms with E-state index in [0.29, 0.717) is 28.9 Å². The van der Waals surface area contributed by atoms with E-state index in [2.05, 4.69) is 39.5 Å². The fourth-order valence-corrected chi connectivity index (χ4v) is 4.60. The van der Waals surface area contributed by atoms with Gasteiger partial charge >= 0.3 is 6.03 Å². The highest BCUT2D eigenvalue weighted by atomic mass is 16.5. The average Bonchev–Trinajstić information content (AvgIpc) is 3.53. The topological polar surface area (TPSA) is 98.4 Å². The fourth-order valence-electron chi connectivity index (χ4n) is 4.60. The summed E-state index contributed by atoms with van der Waals surface area (Å²) in [6.07, 6.45) is 6.36. The van der Waals surface area contributed by atoms with Crippen LogP contribution in [0.15, 0.2) is 36.8 Å². The van der Waals surface area contributed by atoms with E-state index in [1.807, 2.05) is 41.2 Å². The van der Waals surface area contributed by atoms with Gasteiger partial charge < -0.3 is 10.1 Å². The lowest BCUT2D eigenvalue weighted by Crippen LogP contribution is -3.05. The Balaban J connectivity index is 1.19. The first-order valence-electron chi connectivity index (χ1n) is 10.8. The molecular formula is C23H24N7O2+. The van der Waals surface area contributed by atoms with E-state index in [9.17, 15) is 4.79 Å². The SMILES string of the molecule is CC1(C)CCn2nc(NC(=O)[NH+]3C=Cc4cc(Oc5ncnc6c5CNC6)ccc43)cc21. The molecule has 0 aliphatic carbocycles. The molecule has 6 rings (SSSR count). The second-order valence-electron chi connectivity index (χ2n) is 9.03. The van der Waals surface area contributed by atoms with Crippen LogP contribution in [0, 0.1) is 0 Å². The summed E-state index contributed by atoms with van der Waals surface area (Å²) in [5.41, 5.74) is 5.01. The highest BCUT2D eigenvalue weighted by Crippen LogP contribution is 2.35. The van der Waals surface area contributed by atoms with Crippen molar-refractivity contribution in [2.24, 2.45) is 0 Å². The smallest absolute Gasteiger partial charge is 0.430 e. The summed E-state index contributed by atoms with van der Waals surface area (Å²) in [5, 5.41) is 10.8. The molecule has 1 atom stereocenters. The first kappa shape index (κ1) is 19.1. The molecule has 0 saturated carbocycles. The number of aryl methyl sites for hydroxylation is 1. The number of hydrogen-bond donors (Lipinski definition) is 3. The first-order chi connectivity index (χ1) is 15.5. The summed E-state index contributed by atoms with van der Waals surface area (Å²) < 4.78 is 8.03. The third-order valence-corrected chi connectivity index (χ3v) is 6.45. The zero-order chi connectivity index (χ0) is 21.9. The van der Waals surface area contributed by atoms with E-state index in [4.69, 9.17) is 4.74 Å². The van der Waals surface area contributed by atoms with Crippen molar-refractivity contribution in [1.82, 2.24) is 25.1 Å². The van der Waals surface area contributed by atoms with Gasteiger partial charge in [-0.3, -0.25) is 10.00 Å². The maximum atomic E-state index is 13.0. The maximum Gasteiger partial charge on any atom is 0.430 e. The lowest BCUT2D eigenvalue weighted by atomic mass is 9.89. The van der Waals surface area contributed by atoms with Crippen LogP contribution >= 0.6 is 0 Å². The monoisotopic (exact) mass is 430 g/mol. The Labute approximate surface area is 185 Å². The highest BCUT2D eigenvalue weighted by molar-refractivity contribution is 5.85. The second kappa shape index (κ2) is 6.98. The summed E-state index contributed by atoms with van der Waals surface area (Å²) in [7, 11) is 0. The Kier molecular flexibility index (Phi) is 4.17. The Morgan fingerprint density at radius 3 is 3.03 bits per heavy atom. The molecule has 2 aromatic heterocycles.